The Morgan fingerprint density at radius 1 is 1.69 bits per heavy atom. The molecule has 1 unspecified atom stereocenters. The molecular formula is C8H11N3OS. The molecule has 2 heterocycles. The third kappa shape index (κ3) is 1.48. The molecule has 70 valence electrons. The van der Waals surface area contributed by atoms with E-state index in [0.717, 1.165) is 23.8 Å². The highest BCUT2D eigenvalue weighted by molar-refractivity contribution is 7.99. The van der Waals surface area contributed by atoms with Crippen LogP contribution in [0.5, 0.6) is 0 Å². The largest absolute Gasteiger partial charge is 0.294 e. The molecule has 0 bridgehead atoms. The summed E-state index contributed by atoms with van der Waals surface area (Å²) in [4.78, 5) is 14.5. The van der Waals surface area contributed by atoms with Crippen molar-refractivity contribution in [2.24, 2.45) is 0 Å². The molecule has 2 rings (SSSR count). The fourth-order valence-electron chi connectivity index (χ4n) is 1.45. The first-order valence-electron chi connectivity index (χ1n) is 4.20. The minimum Gasteiger partial charge on any atom is -0.294 e. The molecule has 13 heavy (non-hydrogen) atoms. The van der Waals surface area contributed by atoms with E-state index in [2.05, 4.69) is 22.1 Å². The summed E-state index contributed by atoms with van der Waals surface area (Å²) < 4.78 is 0. The number of hydrogen-bond donors (Lipinski definition) is 1. The number of thioether (sulfide) groups is 1. The lowest BCUT2D eigenvalue weighted by Gasteiger charge is -2.18. The molecule has 0 amide bonds. The first-order chi connectivity index (χ1) is 6.24. The average Bonchev–Trinajstić information content (AvgIpc) is 2.72. The minimum atomic E-state index is 0.0823. The molecule has 0 aliphatic carbocycles. The van der Waals surface area contributed by atoms with E-state index in [1.807, 2.05) is 11.8 Å². The number of hydrogen-bond acceptors (Lipinski definition) is 4. The van der Waals surface area contributed by atoms with Gasteiger partial charge in [0.1, 0.15) is 5.82 Å². The maximum atomic E-state index is 10.4. The number of nitrogens with zero attached hydrogens (tertiary/aromatic N) is 2. The average molecular weight is 197 g/mol. The number of rotatable bonds is 2. The first kappa shape index (κ1) is 8.74. The zero-order chi connectivity index (χ0) is 9.31. The molecule has 1 saturated heterocycles. The van der Waals surface area contributed by atoms with Gasteiger partial charge in [-0.1, -0.05) is 6.92 Å². The Morgan fingerprint density at radius 2 is 2.54 bits per heavy atom. The van der Waals surface area contributed by atoms with Gasteiger partial charge in [0.2, 0.25) is 5.82 Å². The molecule has 1 fully saturated rings. The molecule has 0 spiro atoms. The first-order valence-corrected chi connectivity index (χ1v) is 5.36. The van der Waals surface area contributed by atoms with Gasteiger partial charge in [-0.3, -0.25) is 9.89 Å². The number of aromatic nitrogens is 3. The Bertz CT molecular complexity index is 317. The van der Waals surface area contributed by atoms with Crippen LogP contribution in [0.3, 0.4) is 0 Å². The molecular weight excluding hydrogens is 186 g/mol. The van der Waals surface area contributed by atoms with Crippen molar-refractivity contribution in [3.05, 3.63) is 11.6 Å². The summed E-state index contributed by atoms with van der Waals surface area (Å²) in [5, 5.41) is 6.64. The SMILES string of the molecule is CC1(c2nc(C=O)n[nH]2)CCSC1. The van der Waals surface area contributed by atoms with Crippen molar-refractivity contribution in [2.45, 2.75) is 18.8 Å². The highest BCUT2D eigenvalue weighted by Crippen LogP contribution is 2.36. The number of H-pyrrole nitrogens is 1. The van der Waals surface area contributed by atoms with Gasteiger partial charge >= 0.3 is 0 Å². The van der Waals surface area contributed by atoms with Crippen LogP contribution < -0.4 is 0 Å². The molecule has 1 aromatic heterocycles. The summed E-state index contributed by atoms with van der Waals surface area (Å²) in [5.41, 5.74) is 0.0823. The molecule has 5 heteroatoms. The summed E-state index contributed by atoms with van der Waals surface area (Å²) in [6.07, 6.45) is 1.77. The Kier molecular flexibility index (Phi) is 2.11. The van der Waals surface area contributed by atoms with E-state index in [4.69, 9.17) is 0 Å². The van der Waals surface area contributed by atoms with Crippen LogP contribution in [0.4, 0.5) is 0 Å². The minimum absolute atomic E-state index is 0.0823. The fourth-order valence-corrected chi connectivity index (χ4v) is 2.92. The van der Waals surface area contributed by atoms with E-state index < -0.39 is 0 Å². The van der Waals surface area contributed by atoms with Gasteiger partial charge in [-0.15, -0.1) is 0 Å². The smallest absolute Gasteiger partial charge is 0.214 e. The number of aromatic amines is 1. The zero-order valence-corrected chi connectivity index (χ0v) is 8.23. The van der Waals surface area contributed by atoms with Crippen molar-refractivity contribution in [1.82, 2.24) is 15.2 Å². The standard InChI is InChI=1S/C8H11N3OS/c1-8(2-3-13-5-8)7-9-6(4-12)10-11-7/h4H,2-3,5H2,1H3,(H,9,10,11). The molecule has 1 N–H and O–H groups in total. The topological polar surface area (TPSA) is 58.6 Å². The number of nitrogens with one attached hydrogen (secondary N) is 1. The summed E-state index contributed by atoms with van der Waals surface area (Å²) in [6, 6.07) is 0. The Balaban J connectivity index is 2.28. The fraction of sp³-hybridized carbons (Fsp3) is 0.625. The van der Waals surface area contributed by atoms with Crippen molar-refractivity contribution >= 4 is 18.0 Å². The lowest BCUT2D eigenvalue weighted by molar-refractivity contribution is 0.111. The van der Waals surface area contributed by atoms with Gasteiger partial charge in [0.25, 0.3) is 0 Å². The van der Waals surface area contributed by atoms with Gasteiger partial charge in [-0.2, -0.15) is 16.9 Å². The van der Waals surface area contributed by atoms with Crippen LogP contribution in [0.15, 0.2) is 0 Å². The van der Waals surface area contributed by atoms with Crippen LogP contribution >= 0.6 is 11.8 Å². The van der Waals surface area contributed by atoms with Crippen molar-refractivity contribution < 1.29 is 4.79 Å². The van der Waals surface area contributed by atoms with E-state index in [1.165, 1.54) is 0 Å². The van der Waals surface area contributed by atoms with Gasteiger partial charge in [0, 0.05) is 11.2 Å². The second-order valence-electron chi connectivity index (χ2n) is 3.52. The van der Waals surface area contributed by atoms with Crippen molar-refractivity contribution in [3.63, 3.8) is 0 Å². The lowest BCUT2D eigenvalue weighted by atomic mass is 9.89. The predicted molar refractivity (Wildman–Crippen MR) is 51.1 cm³/mol. The third-order valence-electron chi connectivity index (χ3n) is 2.40. The quantitative estimate of drug-likeness (QED) is 0.719. The molecule has 0 saturated carbocycles. The van der Waals surface area contributed by atoms with Gasteiger partial charge in [-0.25, -0.2) is 4.98 Å². The van der Waals surface area contributed by atoms with Crippen LogP contribution in [-0.2, 0) is 5.41 Å². The number of carbonyl (C=O) groups is 1. The van der Waals surface area contributed by atoms with Crippen LogP contribution in [0, 0.1) is 0 Å². The summed E-state index contributed by atoms with van der Waals surface area (Å²) in [6.45, 7) is 2.15. The van der Waals surface area contributed by atoms with E-state index in [1.54, 1.807) is 0 Å². The van der Waals surface area contributed by atoms with Crippen LogP contribution in [-0.4, -0.2) is 33.0 Å². The van der Waals surface area contributed by atoms with Crippen molar-refractivity contribution in [1.29, 1.82) is 0 Å². The zero-order valence-electron chi connectivity index (χ0n) is 7.41. The molecule has 1 atom stereocenters. The molecule has 0 radical (unpaired) electrons. The molecule has 1 aliphatic rings. The molecule has 4 nitrogen and oxygen atoms in total. The highest BCUT2D eigenvalue weighted by atomic mass is 32.2. The van der Waals surface area contributed by atoms with Crippen molar-refractivity contribution in [2.75, 3.05) is 11.5 Å². The summed E-state index contributed by atoms with van der Waals surface area (Å²) in [5.74, 6) is 3.32. The maximum absolute atomic E-state index is 10.4. The van der Waals surface area contributed by atoms with E-state index in [0.29, 0.717) is 6.29 Å². The molecule has 0 aromatic carbocycles. The van der Waals surface area contributed by atoms with Gasteiger partial charge in [0.05, 0.1) is 0 Å². The highest BCUT2D eigenvalue weighted by Gasteiger charge is 2.34. The second-order valence-corrected chi connectivity index (χ2v) is 4.63. The number of carbonyl (C=O) groups excluding carboxylic acids is 1. The lowest BCUT2D eigenvalue weighted by Crippen LogP contribution is -2.22. The Labute approximate surface area is 80.5 Å². The Hall–Kier alpha value is -0.840. The number of aldehydes is 1. The van der Waals surface area contributed by atoms with E-state index in [9.17, 15) is 4.79 Å². The third-order valence-corrected chi connectivity index (χ3v) is 3.73. The van der Waals surface area contributed by atoms with Gasteiger partial charge in [-0.05, 0) is 12.2 Å². The molecule has 1 aliphatic heterocycles. The predicted octanol–water partition coefficient (Wildman–Crippen LogP) is 1.01. The summed E-state index contributed by atoms with van der Waals surface area (Å²) >= 11 is 1.92. The second kappa shape index (κ2) is 3.14. The molecule has 1 aromatic rings. The van der Waals surface area contributed by atoms with Crippen LogP contribution in [0.2, 0.25) is 0 Å². The van der Waals surface area contributed by atoms with E-state index in [-0.39, 0.29) is 11.2 Å². The van der Waals surface area contributed by atoms with E-state index >= 15 is 0 Å². The monoisotopic (exact) mass is 197 g/mol. The van der Waals surface area contributed by atoms with Crippen LogP contribution in [0.25, 0.3) is 0 Å². The normalized spacial score (nSPS) is 27.8. The van der Waals surface area contributed by atoms with Crippen LogP contribution in [0.1, 0.15) is 29.8 Å². The van der Waals surface area contributed by atoms with Crippen molar-refractivity contribution in [3.8, 4) is 0 Å². The summed E-state index contributed by atoms with van der Waals surface area (Å²) in [7, 11) is 0. The Morgan fingerprint density at radius 3 is 3.08 bits per heavy atom. The maximum Gasteiger partial charge on any atom is 0.214 e. The van der Waals surface area contributed by atoms with Gasteiger partial charge in [0.15, 0.2) is 6.29 Å². The van der Waals surface area contributed by atoms with Gasteiger partial charge < -0.3 is 0 Å².